The first-order chi connectivity index (χ1) is 14.8. The van der Waals surface area contributed by atoms with E-state index >= 15 is 0 Å². The van der Waals surface area contributed by atoms with Gasteiger partial charge in [0.15, 0.2) is 11.5 Å². The van der Waals surface area contributed by atoms with Gasteiger partial charge in [-0.15, -0.1) is 11.8 Å². The van der Waals surface area contributed by atoms with Crippen molar-refractivity contribution in [3.05, 3.63) is 51.9 Å². The number of nitrogens with one attached hydrogen (secondary N) is 1. The number of thioether (sulfide) groups is 2. The first-order valence-electron chi connectivity index (χ1n) is 9.17. The number of hydrogen-bond acceptors (Lipinski definition) is 7. The molecule has 0 radical (unpaired) electrons. The van der Waals surface area contributed by atoms with E-state index in [4.69, 9.17) is 16.3 Å². The molecule has 162 valence electrons. The van der Waals surface area contributed by atoms with Crippen molar-refractivity contribution in [2.75, 3.05) is 24.7 Å². The zero-order chi connectivity index (χ0) is 22.5. The standard InChI is InChI=1S/C21H19ClN2O5S2/c1-3-29-16-8-12(7-15(22)19(16)26)9-17-20(27)24(21(28)31-17)11-18(25)23-13-5-4-6-14(10-13)30-2/h4-10,26H,3,11H2,1-2H3,(H,23,25)/b17-9-. The molecule has 31 heavy (non-hydrogen) atoms. The highest BCUT2D eigenvalue weighted by atomic mass is 35.5. The molecule has 1 fully saturated rings. The third-order valence-corrected chi connectivity index (χ3v) is 6.10. The van der Waals surface area contributed by atoms with Crippen LogP contribution in [0.15, 0.2) is 46.2 Å². The molecule has 1 heterocycles. The van der Waals surface area contributed by atoms with Crippen molar-refractivity contribution >= 4 is 63.9 Å². The zero-order valence-corrected chi connectivity index (χ0v) is 19.1. The summed E-state index contributed by atoms with van der Waals surface area (Å²) in [4.78, 5) is 39.4. The lowest BCUT2D eigenvalue weighted by Crippen LogP contribution is -2.36. The lowest BCUT2D eigenvalue weighted by molar-refractivity contribution is -0.127. The number of benzene rings is 2. The van der Waals surface area contributed by atoms with Crippen LogP contribution in [0.3, 0.4) is 0 Å². The minimum atomic E-state index is -0.579. The van der Waals surface area contributed by atoms with Gasteiger partial charge in [0, 0.05) is 10.6 Å². The summed E-state index contributed by atoms with van der Waals surface area (Å²) >= 11 is 8.28. The normalized spacial score (nSPS) is 14.9. The topological polar surface area (TPSA) is 95.9 Å². The largest absolute Gasteiger partial charge is 0.503 e. The van der Waals surface area contributed by atoms with Crippen molar-refractivity contribution in [1.29, 1.82) is 0 Å². The van der Waals surface area contributed by atoms with E-state index in [1.54, 1.807) is 19.1 Å². The quantitative estimate of drug-likeness (QED) is 0.434. The number of phenols is 1. The van der Waals surface area contributed by atoms with Crippen LogP contribution in [0.1, 0.15) is 12.5 Å². The maximum atomic E-state index is 12.7. The van der Waals surface area contributed by atoms with Crippen LogP contribution >= 0.6 is 35.1 Å². The van der Waals surface area contributed by atoms with Crippen LogP contribution in [0, 0.1) is 0 Å². The van der Waals surface area contributed by atoms with Crippen molar-refractivity contribution < 1.29 is 24.2 Å². The van der Waals surface area contributed by atoms with E-state index in [1.165, 1.54) is 30.0 Å². The van der Waals surface area contributed by atoms with Crippen LogP contribution in [0.25, 0.3) is 6.08 Å². The van der Waals surface area contributed by atoms with E-state index in [1.807, 2.05) is 18.4 Å². The summed E-state index contributed by atoms with van der Waals surface area (Å²) in [5, 5.41) is 12.2. The van der Waals surface area contributed by atoms with Crippen LogP contribution in [-0.4, -0.2) is 46.5 Å². The van der Waals surface area contributed by atoms with E-state index < -0.39 is 23.6 Å². The Morgan fingerprint density at radius 1 is 1.32 bits per heavy atom. The van der Waals surface area contributed by atoms with Crippen LogP contribution in [0.2, 0.25) is 5.02 Å². The number of imide groups is 1. The first kappa shape index (κ1) is 23.1. The number of anilines is 1. The van der Waals surface area contributed by atoms with Crippen molar-refractivity contribution in [2.45, 2.75) is 11.8 Å². The smallest absolute Gasteiger partial charge is 0.294 e. The van der Waals surface area contributed by atoms with Crippen molar-refractivity contribution in [1.82, 2.24) is 4.90 Å². The summed E-state index contributed by atoms with van der Waals surface area (Å²) in [5.41, 5.74) is 1.07. The molecule has 0 aromatic heterocycles. The third kappa shape index (κ3) is 5.55. The third-order valence-electron chi connectivity index (χ3n) is 4.18. The summed E-state index contributed by atoms with van der Waals surface area (Å²) in [7, 11) is 0. The summed E-state index contributed by atoms with van der Waals surface area (Å²) in [6.07, 6.45) is 3.39. The molecule has 0 unspecified atom stereocenters. The average Bonchev–Trinajstić information content (AvgIpc) is 2.99. The molecular formula is C21H19ClN2O5S2. The average molecular weight is 479 g/mol. The Hall–Kier alpha value is -2.62. The van der Waals surface area contributed by atoms with Crippen molar-refractivity contribution in [3.8, 4) is 11.5 Å². The highest BCUT2D eigenvalue weighted by Gasteiger charge is 2.36. The fourth-order valence-corrected chi connectivity index (χ4v) is 4.29. The zero-order valence-electron chi connectivity index (χ0n) is 16.7. The molecule has 0 atom stereocenters. The van der Waals surface area contributed by atoms with E-state index in [2.05, 4.69) is 5.32 Å². The lowest BCUT2D eigenvalue weighted by Gasteiger charge is -2.13. The molecule has 3 amide bonds. The minimum Gasteiger partial charge on any atom is -0.503 e. The number of hydrogen-bond donors (Lipinski definition) is 2. The Labute approximate surface area is 192 Å². The number of phenolic OH excluding ortho intramolecular Hbond substituents is 1. The number of amides is 3. The summed E-state index contributed by atoms with van der Waals surface area (Å²) in [5.74, 6) is -1.08. The second kappa shape index (κ2) is 10.1. The molecule has 3 rings (SSSR count). The lowest BCUT2D eigenvalue weighted by atomic mass is 10.2. The number of halogens is 1. The van der Waals surface area contributed by atoms with Gasteiger partial charge >= 0.3 is 0 Å². The molecule has 1 saturated heterocycles. The fraction of sp³-hybridized carbons (Fsp3) is 0.190. The number of carbonyl (C=O) groups excluding carboxylic acids is 3. The number of aromatic hydroxyl groups is 1. The molecule has 0 bridgehead atoms. The molecule has 2 aromatic carbocycles. The van der Waals surface area contributed by atoms with E-state index in [0.717, 1.165) is 21.6 Å². The monoisotopic (exact) mass is 478 g/mol. The molecule has 10 heteroatoms. The number of nitrogens with zero attached hydrogens (tertiary/aromatic N) is 1. The van der Waals surface area contributed by atoms with Gasteiger partial charge in [-0.3, -0.25) is 19.3 Å². The van der Waals surface area contributed by atoms with Gasteiger partial charge in [-0.25, -0.2) is 0 Å². The Kier molecular flexibility index (Phi) is 7.53. The van der Waals surface area contributed by atoms with Gasteiger partial charge in [-0.2, -0.15) is 0 Å². The number of ether oxygens (including phenoxy) is 1. The van der Waals surface area contributed by atoms with Gasteiger partial charge in [0.2, 0.25) is 5.91 Å². The number of carbonyl (C=O) groups is 3. The van der Waals surface area contributed by atoms with Crippen molar-refractivity contribution in [2.24, 2.45) is 0 Å². The summed E-state index contributed by atoms with van der Waals surface area (Å²) in [6, 6.07) is 10.2. The molecule has 0 spiro atoms. The predicted molar refractivity (Wildman–Crippen MR) is 124 cm³/mol. The molecule has 1 aliphatic heterocycles. The van der Waals surface area contributed by atoms with Crippen LogP contribution in [0.4, 0.5) is 10.5 Å². The van der Waals surface area contributed by atoms with Crippen molar-refractivity contribution in [3.63, 3.8) is 0 Å². The summed E-state index contributed by atoms with van der Waals surface area (Å²) in [6.45, 7) is 1.68. The van der Waals surface area contributed by atoms with E-state index in [9.17, 15) is 19.5 Å². The number of rotatable bonds is 7. The van der Waals surface area contributed by atoms with Gasteiger partial charge < -0.3 is 15.2 Å². The molecule has 2 aromatic rings. The SMILES string of the molecule is CCOc1cc(/C=C2\SC(=O)N(CC(=O)Nc3cccc(SC)c3)C2=O)cc(Cl)c1O. The Morgan fingerprint density at radius 3 is 2.81 bits per heavy atom. The fourth-order valence-electron chi connectivity index (χ4n) is 2.78. The van der Waals surface area contributed by atoms with E-state index in [-0.39, 0.29) is 21.4 Å². The van der Waals surface area contributed by atoms with Gasteiger partial charge in [-0.05, 0) is 66.9 Å². The molecule has 7 nitrogen and oxygen atoms in total. The minimum absolute atomic E-state index is 0.0586. The predicted octanol–water partition coefficient (Wildman–Crippen LogP) is 4.84. The molecular weight excluding hydrogens is 460 g/mol. The second-order valence-corrected chi connectivity index (χ2v) is 8.61. The van der Waals surface area contributed by atoms with Gasteiger partial charge in [0.05, 0.1) is 16.5 Å². The molecule has 1 aliphatic rings. The van der Waals surface area contributed by atoms with Crippen LogP contribution < -0.4 is 10.1 Å². The molecule has 0 aliphatic carbocycles. The van der Waals surface area contributed by atoms with Gasteiger partial charge in [-0.1, -0.05) is 17.7 Å². The highest BCUT2D eigenvalue weighted by molar-refractivity contribution is 8.18. The maximum Gasteiger partial charge on any atom is 0.294 e. The van der Waals surface area contributed by atoms with Gasteiger partial charge in [0.25, 0.3) is 11.1 Å². The molecule has 2 N–H and O–H groups in total. The highest BCUT2D eigenvalue weighted by Crippen LogP contribution is 2.38. The molecule has 0 saturated carbocycles. The Bertz CT molecular complexity index is 1070. The van der Waals surface area contributed by atoms with Gasteiger partial charge in [0.1, 0.15) is 6.54 Å². The first-order valence-corrected chi connectivity index (χ1v) is 11.6. The Balaban J connectivity index is 1.74. The summed E-state index contributed by atoms with van der Waals surface area (Å²) < 4.78 is 5.33. The second-order valence-electron chi connectivity index (χ2n) is 6.33. The van der Waals surface area contributed by atoms with Crippen LogP contribution in [0.5, 0.6) is 11.5 Å². The van der Waals surface area contributed by atoms with E-state index in [0.29, 0.717) is 17.9 Å². The van der Waals surface area contributed by atoms with Crippen LogP contribution in [-0.2, 0) is 9.59 Å². The maximum absolute atomic E-state index is 12.7. The Morgan fingerprint density at radius 2 is 2.10 bits per heavy atom.